The van der Waals surface area contributed by atoms with Gasteiger partial charge in [-0.2, -0.15) is 10.2 Å². The van der Waals surface area contributed by atoms with E-state index < -0.39 is 0 Å². The predicted octanol–water partition coefficient (Wildman–Crippen LogP) is 3.27. The number of aryl methyl sites for hydroxylation is 1. The molecular weight excluding hydrogens is 397 g/mol. The monoisotopic (exact) mass is 421 g/mol. The lowest BCUT2D eigenvalue weighted by atomic mass is 10.1. The molecule has 1 amide bonds. The van der Waals surface area contributed by atoms with Gasteiger partial charge in [0.2, 0.25) is 17.6 Å². The summed E-state index contributed by atoms with van der Waals surface area (Å²) < 4.78 is 18.3. The Balaban J connectivity index is 1.62. The number of hydrogen-bond donors (Lipinski definition) is 0. The van der Waals surface area contributed by atoms with Gasteiger partial charge in [0, 0.05) is 38.0 Å². The summed E-state index contributed by atoms with van der Waals surface area (Å²) in [6, 6.07) is 15.1. The number of likely N-dealkylation sites (N-methyl/N-ethyl adjacent to an activating group) is 1. The third-order valence-corrected chi connectivity index (χ3v) is 4.75. The highest BCUT2D eigenvalue weighted by Gasteiger charge is 2.17. The van der Waals surface area contributed by atoms with Crippen molar-refractivity contribution in [3.8, 4) is 17.5 Å². The van der Waals surface area contributed by atoms with E-state index >= 15 is 0 Å². The van der Waals surface area contributed by atoms with E-state index in [1.165, 1.54) is 12.1 Å². The van der Waals surface area contributed by atoms with Gasteiger partial charge in [0.1, 0.15) is 5.82 Å². The smallest absolute Gasteiger partial charge is 0.227 e. The van der Waals surface area contributed by atoms with Crippen molar-refractivity contribution in [2.24, 2.45) is 0 Å². The van der Waals surface area contributed by atoms with Crippen LogP contribution in [0.25, 0.3) is 11.4 Å². The summed E-state index contributed by atoms with van der Waals surface area (Å²) in [6.07, 6.45) is 0.549. The highest BCUT2D eigenvalue weighted by atomic mass is 19.1. The van der Waals surface area contributed by atoms with Crippen LogP contribution in [0.5, 0.6) is 0 Å². The third-order valence-electron chi connectivity index (χ3n) is 4.75. The Bertz CT molecular complexity index is 1040. The van der Waals surface area contributed by atoms with Gasteiger partial charge < -0.3 is 14.3 Å². The summed E-state index contributed by atoms with van der Waals surface area (Å²) in [5, 5.41) is 12.9. The molecule has 0 atom stereocenters. The number of benzene rings is 2. The van der Waals surface area contributed by atoms with E-state index in [2.05, 4.69) is 16.2 Å². The standard InChI is InChI=1S/C23H24FN5O2/c1-28(2)13-14-29(16-18-5-3-17(15-25)4-6-18)22(30)12-11-21-26-23(27-31-21)19-7-9-20(24)10-8-19/h3-10H,11-14,16H2,1-2H3. The number of hydrogen-bond acceptors (Lipinski definition) is 6. The minimum atomic E-state index is -0.335. The van der Waals surface area contributed by atoms with Gasteiger partial charge in [-0.05, 0) is 56.1 Å². The van der Waals surface area contributed by atoms with E-state index in [0.717, 1.165) is 12.1 Å². The zero-order valence-electron chi connectivity index (χ0n) is 17.6. The number of halogens is 1. The van der Waals surface area contributed by atoms with E-state index in [1.807, 2.05) is 31.1 Å². The highest BCUT2D eigenvalue weighted by Crippen LogP contribution is 2.17. The van der Waals surface area contributed by atoms with Crippen LogP contribution in [0.3, 0.4) is 0 Å². The number of carbonyl (C=O) groups excluding carboxylic acids is 1. The molecule has 0 bridgehead atoms. The Hall–Kier alpha value is -3.57. The van der Waals surface area contributed by atoms with Crippen molar-refractivity contribution in [2.45, 2.75) is 19.4 Å². The van der Waals surface area contributed by atoms with Crippen LogP contribution in [-0.4, -0.2) is 53.0 Å². The molecule has 0 saturated heterocycles. The predicted molar refractivity (Wildman–Crippen MR) is 113 cm³/mol. The molecule has 0 fully saturated rings. The van der Waals surface area contributed by atoms with Crippen molar-refractivity contribution < 1.29 is 13.7 Å². The summed E-state index contributed by atoms with van der Waals surface area (Å²) in [7, 11) is 3.92. The summed E-state index contributed by atoms with van der Waals surface area (Å²) in [4.78, 5) is 21.0. The molecule has 3 rings (SSSR count). The summed E-state index contributed by atoms with van der Waals surface area (Å²) >= 11 is 0. The highest BCUT2D eigenvalue weighted by molar-refractivity contribution is 5.76. The number of carbonyl (C=O) groups is 1. The second kappa shape index (κ2) is 10.5. The van der Waals surface area contributed by atoms with E-state index in [1.54, 1.807) is 29.2 Å². The molecule has 0 aliphatic carbocycles. The first kappa shape index (κ1) is 22.1. The molecule has 0 radical (unpaired) electrons. The number of nitrogens with zero attached hydrogens (tertiary/aromatic N) is 5. The van der Waals surface area contributed by atoms with Gasteiger partial charge in [-0.25, -0.2) is 4.39 Å². The molecule has 0 saturated carbocycles. The van der Waals surface area contributed by atoms with Crippen molar-refractivity contribution in [1.82, 2.24) is 19.9 Å². The average Bonchev–Trinajstić information content (AvgIpc) is 3.25. The van der Waals surface area contributed by atoms with E-state index in [9.17, 15) is 9.18 Å². The normalized spacial score (nSPS) is 10.8. The fourth-order valence-corrected chi connectivity index (χ4v) is 2.96. The van der Waals surface area contributed by atoms with Gasteiger partial charge in [-0.15, -0.1) is 0 Å². The number of amides is 1. The first-order chi connectivity index (χ1) is 14.9. The minimum absolute atomic E-state index is 0.0206. The Morgan fingerprint density at radius 1 is 1.10 bits per heavy atom. The second-order valence-electron chi connectivity index (χ2n) is 7.45. The van der Waals surface area contributed by atoms with Gasteiger partial charge in [-0.1, -0.05) is 17.3 Å². The van der Waals surface area contributed by atoms with Crippen LogP contribution in [0.1, 0.15) is 23.4 Å². The molecule has 2 aromatic carbocycles. The first-order valence-corrected chi connectivity index (χ1v) is 9.94. The van der Waals surface area contributed by atoms with Crippen LogP contribution in [0, 0.1) is 17.1 Å². The lowest BCUT2D eigenvalue weighted by molar-refractivity contribution is -0.132. The van der Waals surface area contributed by atoms with Crippen LogP contribution in [-0.2, 0) is 17.8 Å². The summed E-state index contributed by atoms with van der Waals surface area (Å²) in [5.74, 6) is 0.369. The Morgan fingerprint density at radius 2 is 1.81 bits per heavy atom. The second-order valence-corrected chi connectivity index (χ2v) is 7.45. The van der Waals surface area contributed by atoms with Gasteiger partial charge in [0.05, 0.1) is 11.6 Å². The molecule has 3 aromatic rings. The molecule has 1 aromatic heterocycles. The van der Waals surface area contributed by atoms with Crippen LogP contribution >= 0.6 is 0 Å². The largest absolute Gasteiger partial charge is 0.339 e. The van der Waals surface area contributed by atoms with E-state index in [-0.39, 0.29) is 18.1 Å². The van der Waals surface area contributed by atoms with E-state index in [4.69, 9.17) is 9.78 Å². The van der Waals surface area contributed by atoms with Crippen molar-refractivity contribution in [3.63, 3.8) is 0 Å². The van der Waals surface area contributed by atoms with Crippen LogP contribution in [0.15, 0.2) is 53.1 Å². The van der Waals surface area contributed by atoms with E-state index in [0.29, 0.717) is 42.4 Å². The molecule has 0 N–H and O–H groups in total. The van der Waals surface area contributed by atoms with Crippen molar-refractivity contribution in [1.29, 1.82) is 5.26 Å². The van der Waals surface area contributed by atoms with Crippen molar-refractivity contribution in [2.75, 3.05) is 27.2 Å². The number of nitriles is 1. The summed E-state index contributed by atoms with van der Waals surface area (Å²) in [5.41, 5.74) is 2.20. The fraction of sp³-hybridized carbons (Fsp3) is 0.304. The Morgan fingerprint density at radius 3 is 2.45 bits per heavy atom. The number of rotatable bonds is 9. The Kier molecular flexibility index (Phi) is 7.46. The van der Waals surface area contributed by atoms with Crippen LogP contribution in [0.2, 0.25) is 0 Å². The average molecular weight is 421 g/mol. The topological polar surface area (TPSA) is 86.3 Å². The lowest BCUT2D eigenvalue weighted by Gasteiger charge is -2.24. The zero-order valence-corrected chi connectivity index (χ0v) is 17.6. The maximum Gasteiger partial charge on any atom is 0.227 e. The molecule has 160 valence electrons. The third kappa shape index (κ3) is 6.46. The molecule has 8 heteroatoms. The maximum atomic E-state index is 13.1. The SMILES string of the molecule is CN(C)CCN(Cc1ccc(C#N)cc1)C(=O)CCc1nc(-c2ccc(F)cc2)no1. The zero-order chi connectivity index (χ0) is 22.2. The molecule has 0 aliphatic heterocycles. The van der Waals surface area contributed by atoms with Crippen LogP contribution < -0.4 is 0 Å². The van der Waals surface area contributed by atoms with Gasteiger partial charge in [0.15, 0.2) is 0 Å². The molecule has 7 nitrogen and oxygen atoms in total. The van der Waals surface area contributed by atoms with Crippen molar-refractivity contribution in [3.05, 3.63) is 71.4 Å². The minimum Gasteiger partial charge on any atom is -0.339 e. The number of aromatic nitrogens is 2. The lowest BCUT2D eigenvalue weighted by Crippen LogP contribution is -2.36. The van der Waals surface area contributed by atoms with Crippen molar-refractivity contribution >= 4 is 5.91 Å². The van der Waals surface area contributed by atoms with Crippen LogP contribution in [0.4, 0.5) is 4.39 Å². The quantitative estimate of drug-likeness (QED) is 0.527. The molecule has 0 spiro atoms. The first-order valence-electron chi connectivity index (χ1n) is 9.94. The van der Waals surface area contributed by atoms with Gasteiger partial charge in [-0.3, -0.25) is 4.79 Å². The molecule has 0 unspecified atom stereocenters. The summed E-state index contributed by atoms with van der Waals surface area (Å²) in [6.45, 7) is 1.77. The van der Waals surface area contributed by atoms with Gasteiger partial charge in [0.25, 0.3) is 0 Å². The molecule has 1 heterocycles. The molecule has 0 aliphatic rings. The molecular formula is C23H24FN5O2. The molecule has 31 heavy (non-hydrogen) atoms. The van der Waals surface area contributed by atoms with Gasteiger partial charge >= 0.3 is 0 Å². The fourth-order valence-electron chi connectivity index (χ4n) is 2.96. The maximum absolute atomic E-state index is 13.1. The Labute approximate surface area is 180 Å².